The van der Waals surface area contributed by atoms with E-state index < -0.39 is 5.97 Å². The van der Waals surface area contributed by atoms with E-state index in [1.165, 1.54) is 35.6 Å². The van der Waals surface area contributed by atoms with Crippen LogP contribution in [0.25, 0.3) is 0 Å². The molecule has 1 aliphatic heterocycles. The molecule has 1 aliphatic rings. The number of anilines is 1. The minimum Gasteiger partial charge on any atom is -0.484 e. The lowest BCUT2D eigenvalue weighted by Crippen LogP contribution is -2.35. The zero-order chi connectivity index (χ0) is 21.0. The van der Waals surface area contributed by atoms with Crippen molar-refractivity contribution >= 4 is 28.2 Å². The van der Waals surface area contributed by atoms with Crippen LogP contribution < -0.4 is 10.1 Å². The molecule has 0 aliphatic carbocycles. The topological polar surface area (TPSA) is 67.9 Å². The number of amides is 1. The third-order valence-electron chi connectivity index (χ3n) is 4.73. The van der Waals surface area contributed by atoms with Crippen LogP contribution in [0.1, 0.15) is 41.6 Å². The summed E-state index contributed by atoms with van der Waals surface area (Å²) in [5.74, 6) is -0.789. The standard InChI is InChI=1S/C21H25FN2O4S/c1-4-27-21(26)19-16-9-10-24(13(2)3)11-17(16)29-20(19)23-18(25)12-28-15-7-5-14(22)6-8-15/h5-8,13H,4,9-12H2,1-3H3,(H,23,25). The molecule has 2 aromatic rings. The molecule has 1 amide bonds. The smallest absolute Gasteiger partial charge is 0.341 e. The van der Waals surface area contributed by atoms with Crippen molar-refractivity contribution in [3.63, 3.8) is 0 Å². The summed E-state index contributed by atoms with van der Waals surface area (Å²) in [5, 5.41) is 3.29. The van der Waals surface area contributed by atoms with Crippen LogP contribution in [0, 0.1) is 5.82 Å². The van der Waals surface area contributed by atoms with Crippen molar-refractivity contribution in [2.75, 3.05) is 25.1 Å². The van der Waals surface area contributed by atoms with E-state index in [0.29, 0.717) is 22.4 Å². The van der Waals surface area contributed by atoms with Crippen molar-refractivity contribution in [1.82, 2.24) is 4.90 Å². The number of nitrogens with one attached hydrogen (secondary N) is 1. The van der Waals surface area contributed by atoms with E-state index >= 15 is 0 Å². The summed E-state index contributed by atoms with van der Waals surface area (Å²) in [6.45, 7) is 7.66. The Morgan fingerprint density at radius 2 is 2.00 bits per heavy atom. The van der Waals surface area contributed by atoms with E-state index in [1.54, 1.807) is 6.92 Å². The van der Waals surface area contributed by atoms with Gasteiger partial charge in [-0.25, -0.2) is 9.18 Å². The Balaban J connectivity index is 1.75. The number of carbonyl (C=O) groups is 2. The van der Waals surface area contributed by atoms with Crippen LogP contribution in [0.3, 0.4) is 0 Å². The molecule has 0 spiro atoms. The summed E-state index contributed by atoms with van der Waals surface area (Å²) >= 11 is 1.41. The molecule has 156 valence electrons. The van der Waals surface area contributed by atoms with Crippen LogP contribution in [0.15, 0.2) is 24.3 Å². The lowest BCUT2D eigenvalue weighted by Gasteiger charge is -2.30. The molecule has 1 N–H and O–H groups in total. The fourth-order valence-electron chi connectivity index (χ4n) is 3.21. The van der Waals surface area contributed by atoms with Gasteiger partial charge in [-0.05, 0) is 57.0 Å². The maximum atomic E-state index is 13.0. The first kappa shape index (κ1) is 21.3. The highest BCUT2D eigenvalue weighted by Gasteiger charge is 2.30. The highest BCUT2D eigenvalue weighted by molar-refractivity contribution is 7.17. The SMILES string of the molecule is CCOC(=O)c1c(NC(=O)COc2ccc(F)cc2)sc2c1CCN(C(C)C)C2. The first-order valence-corrected chi connectivity index (χ1v) is 10.4. The van der Waals surface area contributed by atoms with Crippen molar-refractivity contribution < 1.29 is 23.5 Å². The Morgan fingerprint density at radius 1 is 1.28 bits per heavy atom. The van der Waals surface area contributed by atoms with Crippen LogP contribution in [0.5, 0.6) is 5.75 Å². The summed E-state index contributed by atoms with van der Waals surface area (Å²) in [4.78, 5) is 28.4. The average molecular weight is 421 g/mol. The minimum atomic E-state index is -0.419. The summed E-state index contributed by atoms with van der Waals surface area (Å²) in [6, 6.07) is 5.84. The number of ether oxygens (including phenoxy) is 2. The maximum Gasteiger partial charge on any atom is 0.341 e. The van der Waals surface area contributed by atoms with E-state index in [1.807, 2.05) is 0 Å². The van der Waals surface area contributed by atoms with Gasteiger partial charge in [-0.15, -0.1) is 11.3 Å². The van der Waals surface area contributed by atoms with Crippen molar-refractivity contribution in [1.29, 1.82) is 0 Å². The van der Waals surface area contributed by atoms with Gasteiger partial charge in [0.25, 0.3) is 5.91 Å². The fourth-order valence-corrected chi connectivity index (χ4v) is 4.49. The normalized spacial score (nSPS) is 13.8. The molecule has 0 radical (unpaired) electrons. The molecule has 8 heteroatoms. The van der Waals surface area contributed by atoms with Gasteiger partial charge in [-0.1, -0.05) is 0 Å². The van der Waals surface area contributed by atoms with Crippen LogP contribution in [0.2, 0.25) is 0 Å². The number of hydrogen-bond donors (Lipinski definition) is 1. The second-order valence-electron chi connectivity index (χ2n) is 7.03. The second-order valence-corrected chi connectivity index (χ2v) is 8.14. The monoisotopic (exact) mass is 420 g/mol. The molecule has 6 nitrogen and oxygen atoms in total. The molecule has 0 saturated carbocycles. The first-order valence-electron chi connectivity index (χ1n) is 9.63. The second kappa shape index (κ2) is 9.37. The number of halogens is 1. The molecule has 1 aromatic carbocycles. The van der Waals surface area contributed by atoms with Gasteiger partial charge in [-0.2, -0.15) is 0 Å². The number of carbonyl (C=O) groups excluding carboxylic acids is 2. The van der Waals surface area contributed by atoms with E-state index in [4.69, 9.17) is 9.47 Å². The molecule has 0 atom stereocenters. The molecule has 0 bridgehead atoms. The highest BCUT2D eigenvalue weighted by atomic mass is 32.1. The molecular weight excluding hydrogens is 395 g/mol. The lowest BCUT2D eigenvalue weighted by molar-refractivity contribution is -0.118. The summed E-state index contributed by atoms with van der Waals surface area (Å²) in [5.41, 5.74) is 1.41. The molecule has 0 unspecified atom stereocenters. The van der Waals surface area contributed by atoms with Gasteiger partial charge in [0.1, 0.15) is 16.6 Å². The number of esters is 1. The van der Waals surface area contributed by atoms with E-state index in [2.05, 4.69) is 24.1 Å². The molecule has 0 saturated heterocycles. The first-order chi connectivity index (χ1) is 13.9. The van der Waals surface area contributed by atoms with Crippen LogP contribution in [-0.4, -0.2) is 42.6 Å². The van der Waals surface area contributed by atoms with Crippen LogP contribution >= 0.6 is 11.3 Å². The van der Waals surface area contributed by atoms with Gasteiger partial charge in [0.15, 0.2) is 6.61 Å². The van der Waals surface area contributed by atoms with Gasteiger partial charge < -0.3 is 14.8 Å². The van der Waals surface area contributed by atoms with E-state index in [9.17, 15) is 14.0 Å². The predicted octanol–water partition coefficient (Wildman–Crippen LogP) is 3.85. The maximum absolute atomic E-state index is 13.0. The van der Waals surface area contributed by atoms with Gasteiger partial charge in [-0.3, -0.25) is 9.69 Å². The summed E-state index contributed by atoms with van der Waals surface area (Å²) < 4.78 is 23.6. The lowest BCUT2D eigenvalue weighted by atomic mass is 10.0. The molecule has 29 heavy (non-hydrogen) atoms. The summed E-state index contributed by atoms with van der Waals surface area (Å²) in [7, 11) is 0. The highest BCUT2D eigenvalue weighted by Crippen LogP contribution is 2.38. The van der Waals surface area contributed by atoms with E-state index in [0.717, 1.165) is 30.0 Å². The number of rotatable bonds is 7. The van der Waals surface area contributed by atoms with Gasteiger partial charge >= 0.3 is 5.97 Å². The number of thiophene rings is 1. The minimum absolute atomic E-state index is 0.241. The summed E-state index contributed by atoms with van der Waals surface area (Å²) in [6.07, 6.45) is 0.736. The Morgan fingerprint density at radius 3 is 2.66 bits per heavy atom. The van der Waals surface area contributed by atoms with Crippen LogP contribution in [0.4, 0.5) is 9.39 Å². The molecular formula is C21H25FN2O4S. The molecule has 0 fully saturated rings. The molecule has 3 rings (SSSR count). The average Bonchev–Trinajstić information content (AvgIpc) is 3.04. The predicted molar refractivity (Wildman–Crippen MR) is 110 cm³/mol. The number of fused-ring (bicyclic) bond motifs is 1. The Bertz CT molecular complexity index is 880. The fraction of sp³-hybridized carbons (Fsp3) is 0.429. The third-order valence-corrected chi connectivity index (χ3v) is 5.86. The van der Waals surface area contributed by atoms with Crippen molar-refractivity contribution in [2.45, 2.75) is 39.8 Å². The zero-order valence-corrected chi connectivity index (χ0v) is 17.6. The third kappa shape index (κ3) is 5.13. The van der Waals surface area contributed by atoms with Crippen molar-refractivity contribution in [3.05, 3.63) is 46.1 Å². The Labute approximate surface area is 173 Å². The van der Waals surface area contributed by atoms with E-state index in [-0.39, 0.29) is 24.9 Å². The van der Waals surface area contributed by atoms with Gasteiger partial charge in [0.2, 0.25) is 0 Å². The number of benzene rings is 1. The quantitative estimate of drug-likeness (QED) is 0.689. The van der Waals surface area contributed by atoms with Gasteiger partial charge in [0.05, 0.1) is 12.2 Å². The van der Waals surface area contributed by atoms with Crippen LogP contribution in [-0.2, 0) is 22.5 Å². The van der Waals surface area contributed by atoms with Crippen molar-refractivity contribution in [2.24, 2.45) is 0 Å². The number of nitrogens with zero attached hydrogens (tertiary/aromatic N) is 1. The molecule has 2 heterocycles. The number of hydrogen-bond acceptors (Lipinski definition) is 6. The Kier molecular flexibility index (Phi) is 6.87. The van der Waals surface area contributed by atoms with Gasteiger partial charge in [0, 0.05) is 24.0 Å². The Hall–Kier alpha value is -2.45. The zero-order valence-electron chi connectivity index (χ0n) is 16.8. The largest absolute Gasteiger partial charge is 0.484 e. The van der Waals surface area contributed by atoms with Crippen molar-refractivity contribution in [3.8, 4) is 5.75 Å². The molecule has 1 aromatic heterocycles.